The lowest BCUT2D eigenvalue weighted by atomic mass is 10.1. The summed E-state index contributed by atoms with van der Waals surface area (Å²) in [5.74, 6) is 1.57. The van der Waals surface area contributed by atoms with Crippen LogP contribution >= 0.6 is 11.3 Å². The third kappa shape index (κ3) is 3.03. The number of aromatic nitrogens is 2. The molecule has 0 saturated heterocycles. The normalized spacial score (nSPS) is 13.7. The van der Waals surface area contributed by atoms with Gasteiger partial charge in [-0.15, -0.1) is 11.3 Å². The second-order valence-electron chi connectivity index (χ2n) is 5.52. The number of benzene rings is 1. The molecule has 0 unspecified atom stereocenters. The van der Waals surface area contributed by atoms with E-state index in [2.05, 4.69) is 22.1 Å². The van der Waals surface area contributed by atoms with Crippen molar-refractivity contribution in [1.29, 1.82) is 0 Å². The molecule has 24 heavy (non-hydrogen) atoms. The summed E-state index contributed by atoms with van der Waals surface area (Å²) >= 11 is 1.57. The molecule has 0 spiro atoms. The molecule has 1 aliphatic heterocycles. The Morgan fingerprint density at radius 1 is 1.04 bits per heavy atom. The lowest BCUT2D eigenvalue weighted by molar-refractivity contribution is 0.0857. The van der Waals surface area contributed by atoms with Crippen molar-refractivity contribution in [2.45, 2.75) is 13.3 Å². The zero-order chi connectivity index (χ0) is 16.4. The van der Waals surface area contributed by atoms with Crippen LogP contribution in [0.4, 0.5) is 0 Å². The molecule has 0 atom stereocenters. The van der Waals surface area contributed by atoms with E-state index < -0.39 is 0 Å². The topological polar surface area (TPSA) is 44.2 Å². The molecule has 0 saturated carbocycles. The number of aryl methyl sites for hydroxylation is 1. The summed E-state index contributed by atoms with van der Waals surface area (Å²) in [5.41, 5.74) is 3.11. The van der Waals surface area contributed by atoms with E-state index in [-0.39, 0.29) is 6.79 Å². The van der Waals surface area contributed by atoms with Gasteiger partial charge in [0.2, 0.25) is 6.79 Å². The first kappa shape index (κ1) is 14.9. The molecule has 1 aliphatic rings. The van der Waals surface area contributed by atoms with Crippen LogP contribution in [0.25, 0.3) is 16.3 Å². The molecule has 4 rings (SSSR count). The number of allylic oxidation sites excluding steroid dienone is 1. The maximum absolute atomic E-state index is 5.68. The van der Waals surface area contributed by atoms with Crippen LogP contribution in [0.15, 0.2) is 60.5 Å². The van der Waals surface area contributed by atoms with Crippen molar-refractivity contribution >= 4 is 17.1 Å². The first-order valence-corrected chi connectivity index (χ1v) is 8.54. The second kappa shape index (κ2) is 6.45. The van der Waals surface area contributed by atoms with E-state index >= 15 is 0 Å². The van der Waals surface area contributed by atoms with Gasteiger partial charge in [-0.25, -0.2) is 4.98 Å². The molecule has 3 aromatic rings. The minimum absolute atomic E-state index is 0.245. The third-order valence-electron chi connectivity index (χ3n) is 3.74. The lowest BCUT2D eigenvalue weighted by Crippen LogP contribution is -1.93. The van der Waals surface area contributed by atoms with E-state index in [1.165, 1.54) is 5.56 Å². The van der Waals surface area contributed by atoms with Crippen molar-refractivity contribution in [3.05, 3.63) is 76.8 Å². The van der Waals surface area contributed by atoms with E-state index in [0.717, 1.165) is 32.8 Å². The Morgan fingerprint density at radius 2 is 1.92 bits per heavy atom. The molecule has 1 aromatic carbocycles. The monoisotopic (exact) mass is 336 g/mol. The molecule has 0 N–H and O–H groups in total. The van der Waals surface area contributed by atoms with E-state index in [0.29, 0.717) is 6.42 Å². The summed E-state index contributed by atoms with van der Waals surface area (Å²) in [7, 11) is 0. The van der Waals surface area contributed by atoms with Crippen molar-refractivity contribution in [3.63, 3.8) is 0 Å². The molecular formula is C19H16N2O2S. The summed E-state index contributed by atoms with van der Waals surface area (Å²) < 4.78 is 11.3. The molecular weight excluding hydrogens is 320 g/mol. The summed E-state index contributed by atoms with van der Waals surface area (Å²) in [5, 5.41) is 0.830. The molecule has 0 fully saturated rings. The fourth-order valence-electron chi connectivity index (χ4n) is 2.58. The van der Waals surface area contributed by atoms with Crippen molar-refractivity contribution < 1.29 is 9.47 Å². The smallest absolute Gasteiger partial charge is 0.230 e. The highest BCUT2D eigenvalue weighted by Gasteiger charge is 2.23. The average molecular weight is 336 g/mol. The number of rotatable bonds is 4. The summed E-state index contributed by atoms with van der Waals surface area (Å²) in [6.45, 7) is 2.23. The van der Waals surface area contributed by atoms with Gasteiger partial charge in [0, 0.05) is 18.3 Å². The Bertz CT molecular complexity index is 887. The lowest BCUT2D eigenvalue weighted by Gasteiger charge is -2.02. The van der Waals surface area contributed by atoms with Crippen LogP contribution in [0.5, 0.6) is 0 Å². The van der Waals surface area contributed by atoms with Crippen molar-refractivity contribution in [2.24, 2.45) is 0 Å². The van der Waals surface area contributed by atoms with E-state index in [9.17, 15) is 0 Å². The molecule has 3 heterocycles. The van der Waals surface area contributed by atoms with Crippen LogP contribution in [0.2, 0.25) is 0 Å². The Kier molecular flexibility index (Phi) is 4.01. The summed E-state index contributed by atoms with van der Waals surface area (Å²) in [6.07, 6.45) is 2.55. The maximum atomic E-state index is 5.68. The zero-order valence-corrected chi connectivity index (χ0v) is 14.0. The van der Waals surface area contributed by atoms with Gasteiger partial charge in [-0.05, 0) is 24.6 Å². The minimum Gasteiger partial charge on any atom is -0.457 e. The van der Waals surface area contributed by atoms with Gasteiger partial charge in [0.1, 0.15) is 5.76 Å². The SMILES string of the molecule is Cc1cccc(-c2cnc(C3=C(Cc4ccccc4)OCO3)s2)n1. The van der Waals surface area contributed by atoms with Crippen LogP contribution in [0.3, 0.4) is 0 Å². The van der Waals surface area contributed by atoms with Gasteiger partial charge >= 0.3 is 0 Å². The van der Waals surface area contributed by atoms with E-state index in [1.807, 2.05) is 49.5 Å². The molecule has 5 heteroatoms. The summed E-state index contributed by atoms with van der Waals surface area (Å²) in [6, 6.07) is 16.2. The molecule has 4 nitrogen and oxygen atoms in total. The van der Waals surface area contributed by atoms with Crippen molar-refractivity contribution in [3.8, 4) is 10.6 Å². The molecule has 120 valence electrons. The molecule has 0 radical (unpaired) electrons. The molecule has 0 aliphatic carbocycles. The Hall–Kier alpha value is -2.66. The number of hydrogen-bond acceptors (Lipinski definition) is 5. The predicted molar refractivity (Wildman–Crippen MR) is 94.2 cm³/mol. The highest BCUT2D eigenvalue weighted by atomic mass is 32.1. The number of ether oxygens (including phenoxy) is 2. The third-order valence-corrected chi connectivity index (χ3v) is 4.76. The number of pyridine rings is 1. The van der Waals surface area contributed by atoms with E-state index in [4.69, 9.17) is 9.47 Å². The number of nitrogens with zero attached hydrogens (tertiary/aromatic N) is 2. The maximum Gasteiger partial charge on any atom is 0.230 e. The Morgan fingerprint density at radius 3 is 2.75 bits per heavy atom. The first-order chi connectivity index (χ1) is 11.8. The second-order valence-corrected chi connectivity index (χ2v) is 6.55. The van der Waals surface area contributed by atoms with Crippen LogP contribution in [-0.2, 0) is 15.9 Å². The molecule has 2 aromatic heterocycles. The van der Waals surface area contributed by atoms with Gasteiger partial charge in [0.15, 0.2) is 10.8 Å². The quantitative estimate of drug-likeness (QED) is 0.707. The minimum atomic E-state index is 0.245. The Balaban J connectivity index is 1.64. The number of thiazole rings is 1. The average Bonchev–Trinajstić information content (AvgIpc) is 3.25. The van der Waals surface area contributed by atoms with E-state index in [1.54, 1.807) is 11.3 Å². The van der Waals surface area contributed by atoms with Gasteiger partial charge in [-0.2, -0.15) is 0 Å². The van der Waals surface area contributed by atoms with Crippen LogP contribution < -0.4 is 0 Å². The fourth-order valence-corrected chi connectivity index (χ4v) is 3.48. The van der Waals surface area contributed by atoms with Gasteiger partial charge in [0.05, 0.1) is 10.6 Å². The molecule has 0 bridgehead atoms. The van der Waals surface area contributed by atoms with Crippen LogP contribution in [0.1, 0.15) is 16.3 Å². The highest BCUT2D eigenvalue weighted by Crippen LogP contribution is 2.34. The number of hydrogen-bond donors (Lipinski definition) is 0. The summed E-state index contributed by atoms with van der Waals surface area (Å²) in [4.78, 5) is 10.1. The highest BCUT2D eigenvalue weighted by molar-refractivity contribution is 7.16. The zero-order valence-electron chi connectivity index (χ0n) is 13.2. The van der Waals surface area contributed by atoms with Crippen LogP contribution in [-0.4, -0.2) is 16.8 Å². The Labute approximate surface area is 144 Å². The van der Waals surface area contributed by atoms with Crippen molar-refractivity contribution in [2.75, 3.05) is 6.79 Å². The van der Waals surface area contributed by atoms with Gasteiger partial charge in [-0.1, -0.05) is 36.4 Å². The fraction of sp³-hybridized carbons (Fsp3) is 0.158. The van der Waals surface area contributed by atoms with Gasteiger partial charge < -0.3 is 9.47 Å². The van der Waals surface area contributed by atoms with Crippen molar-refractivity contribution in [1.82, 2.24) is 9.97 Å². The standard InChI is InChI=1S/C19H16N2O2S/c1-13-6-5-9-15(21-13)17-11-20-19(24-17)18-16(22-12-23-18)10-14-7-3-2-4-8-14/h2-9,11H,10,12H2,1H3. The van der Waals surface area contributed by atoms with Gasteiger partial charge in [-0.3, -0.25) is 4.98 Å². The predicted octanol–water partition coefficient (Wildman–Crippen LogP) is 4.43. The van der Waals surface area contributed by atoms with Crippen LogP contribution in [0, 0.1) is 6.92 Å². The van der Waals surface area contributed by atoms with Gasteiger partial charge in [0.25, 0.3) is 0 Å². The largest absolute Gasteiger partial charge is 0.457 e. The molecule has 0 amide bonds. The first-order valence-electron chi connectivity index (χ1n) is 7.72.